The summed E-state index contributed by atoms with van der Waals surface area (Å²) in [4.78, 5) is 22.3. The van der Waals surface area contributed by atoms with Crippen molar-refractivity contribution in [1.29, 1.82) is 0 Å². The van der Waals surface area contributed by atoms with Gasteiger partial charge in [-0.05, 0) is 62.2 Å². The first-order chi connectivity index (χ1) is 21.3. The maximum Gasteiger partial charge on any atom is 0.204 e. The third-order valence-electron chi connectivity index (χ3n) is 10.1. The first-order valence-electron chi connectivity index (χ1n) is 15.4. The summed E-state index contributed by atoms with van der Waals surface area (Å²) in [7, 11) is 6.19. The van der Waals surface area contributed by atoms with Gasteiger partial charge in [-0.25, -0.2) is 9.97 Å². The van der Waals surface area contributed by atoms with E-state index in [2.05, 4.69) is 103 Å². The van der Waals surface area contributed by atoms with Gasteiger partial charge in [0, 0.05) is 56.7 Å². The van der Waals surface area contributed by atoms with Crippen LogP contribution in [0.2, 0.25) is 0 Å². The van der Waals surface area contributed by atoms with Gasteiger partial charge in [0.2, 0.25) is 6.41 Å². The summed E-state index contributed by atoms with van der Waals surface area (Å²) in [6, 6.07) is 11.6. The Hall–Kier alpha value is -4.06. The summed E-state index contributed by atoms with van der Waals surface area (Å²) in [5.74, 6) is 1.26. The number of likely N-dealkylation sites (N-methyl/N-ethyl adjacent to an activating group) is 1. The minimum atomic E-state index is -0.935. The predicted molar refractivity (Wildman–Crippen MR) is 171 cm³/mol. The third-order valence-corrected chi connectivity index (χ3v) is 10.1. The molecule has 2 atom stereocenters. The zero-order chi connectivity index (χ0) is 30.9. The van der Waals surface area contributed by atoms with E-state index in [-0.39, 0.29) is 6.41 Å². The lowest BCUT2D eigenvalue weighted by atomic mass is 9.61. The van der Waals surface area contributed by atoms with Gasteiger partial charge in [0.05, 0.1) is 29.1 Å². The van der Waals surface area contributed by atoms with Crippen molar-refractivity contribution in [3.05, 3.63) is 78.2 Å². The molecular weight excluding hydrogens is 554 g/mol. The van der Waals surface area contributed by atoms with Crippen LogP contribution in [0.25, 0.3) is 21.9 Å². The maximum absolute atomic E-state index is 8.58. The minimum absolute atomic E-state index is 0.250. The number of nitrogens with zero attached hydrogens (tertiary/aromatic N) is 6. The topological polar surface area (TPSA) is 144 Å². The smallest absolute Gasteiger partial charge is 0.204 e. The Morgan fingerprint density at radius 1 is 1.07 bits per heavy atom. The van der Waals surface area contributed by atoms with Crippen molar-refractivity contribution in [2.75, 3.05) is 40.3 Å². The molecule has 232 valence electrons. The van der Waals surface area contributed by atoms with E-state index in [4.69, 9.17) is 15.3 Å². The molecule has 2 aliphatic carbocycles. The van der Waals surface area contributed by atoms with Gasteiger partial charge in [0.25, 0.3) is 0 Å². The predicted octanol–water partition coefficient (Wildman–Crippen LogP) is 2.94. The molecule has 5 N–H and O–H groups in total. The largest absolute Gasteiger partial charge is 0.500 e. The zero-order valence-electron chi connectivity index (χ0n) is 25.8. The molecule has 7 rings (SSSR count). The van der Waals surface area contributed by atoms with Crippen molar-refractivity contribution in [1.82, 2.24) is 34.5 Å². The molecule has 4 aromatic rings. The van der Waals surface area contributed by atoms with E-state index in [9.17, 15) is 0 Å². The molecule has 3 aliphatic rings. The second kappa shape index (κ2) is 12.1. The molecule has 11 heteroatoms. The number of primary amides is 1. The van der Waals surface area contributed by atoms with Crippen LogP contribution in [0.5, 0.6) is 0 Å². The normalized spacial score (nSPS) is 28.0. The summed E-state index contributed by atoms with van der Waals surface area (Å²) < 4.78 is 8.71. The molecule has 0 radical (unpaired) electrons. The SMILES string of the molecule is COC1=CC(N)(c2[nH]nc3ncncc23)C=CC1(c1cc2ccccc2n1C)C1CCC(N2CCN(C)CC2)CC1.NC=O. The number of rotatable bonds is 5. The van der Waals surface area contributed by atoms with Crippen molar-refractivity contribution in [3.63, 3.8) is 0 Å². The fraction of sp³-hybridized carbons (Fsp3) is 0.455. The minimum Gasteiger partial charge on any atom is -0.500 e. The van der Waals surface area contributed by atoms with Crippen LogP contribution in [0.15, 0.2) is 66.8 Å². The molecule has 11 nitrogen and oxygen atoms in total. The first-order valence-corrected chi connectivity index (χ1v) is 15.4. The molecule has 2 unspecified atom stereocenters. The number of nitrogens with one attached hydrogen (secondary N) is 1. The molecule has 4 heterocycles. The van der Waals surface area contributed by atoms with Crippen molar-refractivity contribution in [2.24, 2.45) is 24.4 Å². The number of amides is 1. The number of aromatic amines is 1. The van der Waals surface area contributed by atoms with Gasteiger partial charge in [-0.1, -0.05) is 30.4 Å². The third kappa shape index (κ3) is 5.08. The Labute approximate surface area is 257 Å². The number of allylic oxidation sites excluding steroid dienone is 1. The Kier molecular flexibility index (Phi) is 8.28. The van der Waals surface area contributed by atoms with E-state index < -0.39 is 11.0 Å². The van der Waals surface area contributed by atoms with E-state index in [0.29, 0.717) is 17.6 Å². The summed E-state index contributed by atoms with van der Waals surface area (Å²) >= 11 is 0. The van der Waals surface area contributed by atoms with Crippen LogP contribution in [0, 0.1) is 5.92 Å². The molecule has 2 fully saturated rings. The number of H-pyrrole nitrogens is 1. The number of benzene rings is 1. The standard InChI is InChI=1S/C32H40N8O.CH3NO/c1-38-14-16-40(17-15-38)24-10-8-23(9-11-24)32(27-18-22-6-4-5-7-26(22)39(27)2)13-12-31(33,19-28(32)41-3)29-25-20-34-21-35-30(25)37-36-29;2-1-3/h4-7,12-13,18-21,23-24H,8-11,14-17,33H2,1-3H3,(H,34,35,36,37);1H,(H2,2,3). The number of carbonyl (C=O) groups is 1. The Balaban J connectivity index is 0.00000110. The molecule has 1 amide bonds. The summed E-state index contributed by atoms with van der Waals surface area (Å²) in [5.41, 5.74) is 13.8. The fourth-order valence-corrected chi connectivity index (χ4v) is 7.73. The van der Waals surface area contributed by atoms with Gasteiger partial charge < -0.3 is 25.7 Å². The number of para-hydroxylation sites is 1. The highest BCUT2D eigenvalue weighted by Crippen LogP contribution is 2.52. The first kappa shape index (κ1) is 30.0. The molecule has 1 aromatic carbocycles. The second-order valence-electron chi connectivity index (χ2n) is 12.3. The lowest BCUT2D eigenvalue weighted by Gasteiger charge is -2.48. The molecular formula is C33H43N9O2. The van der Waals surface area contributed by atoms with E-state index in [1.54, 1.807) is 13.3 Å². The monoisotopic (exact) mass is 597 g/mol. The number of methoxy groups -OCH3 is 1. The number of hydrogen-bond donors (Lipinski definition) is 3. The highest BCUT2D eigenvalue weighted by molar-refractivity contribution is 5.82. The van der Waals surface area contributed by atoms with Gasteiger partial charge in [-0.15, -0.1) is 0 Å². The number of hydrogen-bond acceptors (Lipinski definition) is 8. The van der Waals surface area contributed by atoms with Crippen LogP contribution in [0.4, 0.5) is 0 Å². The van der Waals surface area contributed by atoms with Crippen LogP contribution in [-0.4, -0.2) is 87.3 Å². The van der Waals surface area contributed by atoms with Gasteiger partial charge in [-0.2, -0.15) is 5.10 Å². The highest BCUT2D eigenvalue weighted by Gasteiger charge is 2.50. The Morgan fingerprint density at radius 2 is 1.80 bits per heavy atom. The van der Waals surface area contributed by atoms with Crippen LogP contribution in [0.3, 0.4) is 0 Å². The van der Waals surface area contributed by atoms with Crippen molar-refractivity contribution >= 4 is 28.3 Å². The summed E-state index contributed by atoms with van der Waals surface area (Å²) in [5, 5.41) is 9.61. The van der Waals surface area contributed by atoms with Gasteiger partial charge in [0.15, 0.2) is 5.65 Å². The number of carbonyl (C=O) groups excluding carboxylic acids is 1. The number of ether oxygens (including phenoxy) is 1. The van der Waals surface area contributed by atoms with E-state index in [0.717, 1.165) is 42.8 Å². The molecule has 1 saturated heterocycles. The molecule has 1 aliphatic heterocycles. The fourth-order valence-electron chi connectivity index (χ4n) is 7.73. The van der Waals surface area contributed by atoms with Gasteiger partial charge >= 0.3 is 0 Å². The van der Waals surface area contributed by atoms with Crippen molar-refractivity contribution in [3.8, 4) is 0 Å². The lowest BCUT2D eigenvalue weighted by Crippen LogP contribution is -2.51. The van der Waals surface area contributed by atoms with Gasteiger partial charge in [0.1, 0.15) is 12.1 Å². The average Bonchev–Trinajstić information content (AvgIpc) is 3.64. The van der Waals surface area contributed by atoms with E-state index >= 15 is 0 Å². The van der Waals surface area contributed by atoms with Crippen molar-refractivity contribution < 1.29 is 9.53 Å². The average molecular weight is 598 g/mol. The van der Waals surface area contributed by atoms with Gasteiger partial charge in [-0.3, -0.25) is 14.8 Å². The number of aryl methyl sites for hydroxylation is 1. The number of aromatic nitrogens is 5. The maximum atomic E-state index is 8.58. The Bertz CT molecular complexity index is 1680. The van der Waals surface area contributed by atoms with Crippen LogP contribution in [-0.2, 0) is 27.5 Å². The van der Waals surface area contributed by atoms with Crippen LogP contribution >= 0.6 is 0 Å². The molecule has 44 heavy (non-hydrogen) atoms. The zero-order valence-corrected chi connectivity index (χ0v) is 25.8. The molecule has 0 bridgehead atoms. The summed E-state index contributed by atoms with van der Waals surface area (Å²) in [6.07, 6.45) is 14.7. The lowest BCUT2D eigenvalue weighted by molar-refractivity contribution is -0.106. The summed E-state index contributed by atoms with van der Waals surface area (Å²) in [6.45, 7) is 4.65. The molecule has 3 aromatic heterocycles. The highest BCUT2D eigenvalue weighted by atomic mass is 16.5. The van der Waals surface area contributed by atoms with E-state index in [1.165, 1.54) is 48.9 Å². The van der Waals surface area contributed by atoms with E-state index in [1.807, 2.05) is 0 Å². The number of fused-ring (bicyclic) bond motifs is 2. The molecule has 1 saturated carbocycles. The Morgan fingerprint density at radius 3 is 2.50 bits per heavy atom. The second-order valence-corrected chi connectivity index (χ2v) is 12.3. The number of nitrogens with two attached hydrogens (primary N) is 2. The quantitative estimate of drug-likeness (QED) is 0.235. The van der Waals surface area contributed by atoms with Crippen LogP contribution < -0.4 is 11.5 Å². The van der Waals surface area contributed by atoms with Crippen molar-refractivity contribution in [2.45, 2.75) is 42.7 Å². The molecule has 0 spiro atoms. The van der Waals surface area contributed by atoms with Crippen LogP contribution in [0.1, 0.15) is 37.1 Å². The number of piperazine rings is 1.